The number of rotatable bonds is 7. The van der Waals surface area contributed by atoms with E-state index >= 15 is 0 Å². The lowest BCUT2D eigenvalue weighted by Gasteiger charge is -2.20. The summed E-state index contributed by atoms with van der Waals surface area (Å²) >= 11 is 0. The maximum atomic E-state index is 12.8. The van der Waals surface area contributed by atoms with Gasteiger partial charge >= 0.3 is 0 Å². The molecule has 1 aliphatic rings. The van der Waals surface area contributed by atoms with Gasteiger partial charge in [0, 0.05) is 19.2 Å². The third kappa shape index (κ3) is 4.63. The quantitative estimate of drug-likeness (QED) is 0.792. The third-order valence-electron chi connectivity index (χ3n) is 4.79. The monoisotopic (exact) mass is 382 g/mol. The van der Waals surface area contributed by atoms with Crippen LogP contribution in [0.2, 0.25) is 0 Å². The van der Waals surface area contributed by atoms with Crippen molar-refractivity contribution in [2.24, 2.45) is 0 Å². The summed E-state index contributed by atoms with van der Waals surface area (Å²) in [4.78, 5) is 27.4. The molecule has 0 spiro atoms. The molecule has 0 saturated carbocycles. The number of hydrogen-bond donors (Lipinski definition) is 1. The zero-order valence-corrected chi connectivity index (χ0v) is 16.3. The third-order valence-corrected chi connectivity index (χ3v) is 4.79. The Labute approximate surface area is 165 Å². The van der Waals surface area contributed by atoms with Crippen molar-refractivity contribution >= 4 is 17.5 Å². The Morgan fingerprint density at radius 3 is 2.50 bits per heavy atom. The zero-order chi connectivity index (χ0) is 19.9. The van der Waals surface area contributed by atoms with E-state index in [4.69, 9.17) is 9.47 Å². The van der Waals surface area contributed by atoms with Crippen molar-refractivity contribution in [2.75, 3.05) is 25.5 Å². The fourth-order valence-electron chi connectivity index (χ4n) is 3.24. The van der Waals surface area contributed by atoms with Gasteiger partial charge in [-0.15, -0.1) is 0 Å². The number of amides is 2. The SMILES string of the molecule is CC[C@H](Oc1cccc(OC)c1)C(=O)Nc1ccccc1C(=O)N1CCCC1. The van der Waals surface area contributed by atoms with Crippen molar-refractivity contribution in [3.63, 3.8) is 0 Å². The van der Waals surface area contributed by atoms with Crippen LogP contribution in [-0.4, -0.2) is 43.0 Å². The summed E-state index contributed by atoms with van der Waals surface area (Å²) < 4.78 is 11.0. The summed E-state index contributed by atoms with van der Waals surface area (Å²) in [5.74, 6) is 0.888. The number of benzene rings is 2. The van der Waals surface area contributed by atoms with Gasteiger partial charge in [-0.1, -0.05) is 25.1 Å². The van der Waals surface area contributed by atoms with E-state index in [1.165, 1.54) is 0 Å². The van der Waals surface area contributed by atoms with Gasteiger partial charge in [0.25, 0.3) is 11.8 Å². The molecule has 148 valence electrons. The Bertz CT molecular complexity index is 831. The van der Waals surface area contributed by atoms with Gasteiger partial charge < -0.3 is 19.7 Å². The predicted molar refractivity (Wildman–Crippen MR) is 108 cm³/mol. The molecule has 1 aliphatic heterocycles. The van der Waals surface area contributed by atoms with Crippen LogP contribution >= 0.6 is 0 Å². The number of anilines is 1. The Morgan fingerprint density at radius 2 is 1.79 bits per heavy atom. The number of nitrogens with zero attached hydrogens (tertiary/aromatic N) is 1. The number of carbonyl (C=O) groups is 2. The Balaban J connectivity index is 1.73. The van der Waals surface area contributed by atoms with Crippen LogP contribution in [0.4, 0.5) is 5.69 Å². The molecule has 2 aromatic carbocycles. The van der Waals surface area contributed by atoms with Crippen LogP contribution in [0.3, 0.4) is 0 Å². The number of carbonyl (C=O) groups excluding carboxylic acids is 2. The number of hydrogen-bond acceptors (Lipinski definition) is 4. The minimum Gasteiger partial charge on any atom is -0.497 e. The summed E-state index contributed by atoms with van der Waals surface area (Å²) in [6.07, 6.45) is 1.85. The molecule has 6 heteroatoms. The van der Waals surface area contributed by atoms with Gasteiger partial charge in [-0.2, -0.15) is 0 Å². The van der Waals surface area contributed by atoms with E-state index in [-0.39, 0.29) is 11.8 Å². The van der Waals surface area contributed by atoms with Crippen LogP contribution in [-0.2, 0) is 4.79 Å². The topological polar surface area (TPSA) is 67.9 Å². The van der Waals surface area contributed by atoms with Crippen molar-refractivity contribution in [1.29, 1.82) is 0 Å². The first-order chi connectivity index (χ1) is 13.6. The first-order valence-electron chi connectivity index (χ1n) is 9.62. The molecule has 6 nitrogen and oxygen atoms in total. The van der Waals surface area contributed by atoms with E-state index in [0.29, 0.717) is 29.2 Å². The van der Waals surface area contributed by atoms with Crippen molar-refractivity contribution in [2.45, 2.75) is 32.3 Å². The summed E-state index contributed by atoms with van der Waals surface area (Å²) in [5, 5.41) is 2.87. The van der Waals surface area contributed by atoms with Crippen LogP contribution in [0.5, 0.6) is 11.5 Å². The van der Waals surface area contributed by atoms with Crippen LogP contribution in [0.15, 0.2) is 48.5 Å². The zero-order valence-electron chi connectivity index (χ0n) is 16.3. The van der Waals surface area contributed by atoms with E-state index in [1.807, 2.05) is 30.0 Å². The number of methoxy groups -OCH3 is 1. The van der Waals surface area contributed by atoms with E-state index in [9.17, 15) is 9.59 Å². The molecule has 2 aromatic rings. The molecule has 1 N–H and O–H groups in total. The lowest BCUT2D eigenvalue weighted by atomic mass is 10.1. The largest absolute Gasteiger partial charge is 0.497 e. The van der Waals surface area contributed by atoms with E-state index in [2.05, 4.69) is 5.32 Å². The molecular formula is C22H26N2O4. The van der Waals surface area contributed by atoms with Gasteiger partial charge in [0.2, 0.25) is 0 Å². The predicted octanol–water partition coefficient (Wildman–Crippen LogP) is 3.73. The molecule has 28 heavy (non-hydrogen) atoms. The second-order valence-corrected chi connectivity index (χ2v) is 6.73. The number of likely N-dealkylation sites (tertiary alicyclic amines) is 1. The van der Waals surface area contributed by atoms with Crippen LogP contribution in [0.25, 0.3) is 0 Å². The highest BCUT2D eigenvalue weighted by Gasteiger charge is 2.24. The molecule has 0 aromatic heterocycles. The highest BCUT2D eigenvalue weighted by Crippen LogP contribution is 2.23. The lowest BCUT2D eigenvalue weighted by molar-refractivity contribution is -0.122. The molecule has 2 amide bonds. The summed E-state index contributed by atoms with van der Waals surface area (Å²) in [6, 6.07) is 14.3. The van der Waals surface area contributed by atoms with Gasteiger partial charge in [0.1, 0.15) is 11.5 Å². The maximum absolute atomic E-state index is 12.8. The van der Waals surface area contributed by atoms with E-state index in [1.54, 1.807) is 37.4 Å². The molecule has 1 saturated heterocycles. The van der Waals surface area contributed by atoms with E-state index < -0.39 is 6.10 Å². The fourth-order valence-corrected chi connectivity index (χ4v) is 3.24. The number of ether oxygens (including phenoxy) is 2. The molecule has 0 unspecified atom stereocenters. The van der Waals surface area contributed by atoms with Crippen LogP contribution in [0, 0.1) is 0 Å². The highest BCUT2D eigenvalue weighted by molar-refractivity contribution is 6.04. The minimum atomic E-state index is -0.679. The number of para-hydroxylation sites is 1. The molecular weight excluding hydrogens is 356 g/mol. The molecule has 1 atom stereocenters. The smallest absolute Gasteiger partial charge is 0.265 e. The molecule has 0 aliphatic carbocycles. The molecule has 1 fully saturated rings. The van der Waals surface area contributed by atoms with Crippen molar-refractivity contribution in [1.82, 2.24) is 4.90 Å². The lowest BCUT2D eigenvalue weighted by Crippen LogP contribution is -2.34. The summed E-state index contributed by atoms with van der Waals surface area (Å²) in [6.45, 7) is 3.40. The van der Waals surface area contributed by atoms with Gasteiger partial charge in [-0.25, -0.2) is 0 Å². The Morgan fingerprint density at radius 1 is 1.07 bits per heavy atom. The Hall–Kier alpha value is -3.02. The first-order valence-corrected chi connectivity index (χ1v) is 9.62. The fraction of sp³-hybridized carbons (Fsp3) is 0.364. The summed E-state index contributed by atoms with van der Waals surface area (Å²) in [7, 11) is 1.58. The minimum absolute atomic E-state index is 0.0461. The first kappa shape index (κ1) is 19.7. The standard InChI is InChI=1S/C22H26N2O4/c1-3-20(28-17-10-8-9-16(15-17)27-2)21(25)23-19-12-5-4-11-18(19)22(26)24-13-6-7-14-24/h4-5,8-12,15,20H,3,6-7,13-14H2,1-2H3,(H,23,25)/t20-/m0/s1. The normalized spacial score (nSPS) is 14.4. The second-order valence-electron chi connectivity index (χ2n) is 6.73. The van der Waals surface area contributed by atoms with E-state index in [0.717, 1.165) is 25.9 Å². The second kappa shape index (κ2) is 9.26. The van der Waals surface area contributed by atoms with Gasteiger partial charge in [0.05, 0.1) is 18.4 Å². The number of nitrogens with one attached hydrogen (secondary N) is 1. The molecule has 0 bridgehead atoms. The van der Waals surface area contributed by atoms with Crippen molar-refractivity contribution in [3.8, 4) is 11.5 Å². The summed E-state index contributed by atoms with van der Waals surface area (Å²) in [5.41, 5.74) is 1.02. The van der Waals surface area contributed by atoms with Crippen LogP contribution in [0.1, 0.15) is 36.5 Å². The molecule has 1 heterocycles. The van der Waals surface area contributed by atoms with Crippen molar-refractivity contribution < 1.29 is 19.1 Å². The van der Waals surface area contributed by atoms with Crippen molar-refractivity contribution in [3.05, 3.63) is 54.1 Å². The van der Waals surface area contributed by atoms with Crippen LogP contribution < -0.4 is 14.8 Å². The maximum Gasteiger partial charge on any atom is 0.265 e. The average Bonchev–Trinajstić information content (AvgIpc) is 3.27. The van der Waals surface area contributed by atoms with Gasteiger partial charge in [0.15, 0.2) is 6.10 Å². The molecule has 3 rings (SSSR count). The average molecular weight is 382 g/mol. The molecule has 0 radical (unpaired) electrons. The highest BCUT2D eigenvalue weighted by atomic mass is 16.5. The van der Waals surface area contributed by atoms with Gasteiger partial charge in [-0.05, 0) is 43.5 Å². The Kier molecular flexibility index (Phi) is 6.53. The van der Waals surface area contributed by atoms with Gasteiger partial charge in [-0.3, -0.25) is 9.59 Å².